The third-order valence-corrected chi connectivity index (χ3v) is 4.06. The summed E-state index contributed by atoms with van der Waals surface area (Å²) in [5.41, 5.74) is -0.000403. The van der Waals surface area contributed by atoms with E-state index in [9.17, 15) is 9.59 Å². The number of carbonyl (C=O) groups excluding carboxylic acids is 2. The van der Waals surface area contributed by atoms with Gasteiger partial charge in [0.2, 0.25) is 11.8 Å². The number of hydrogen-bond donors (Lipinski definition) is 3. The molecule has 1 atom stereocenters. The Balaban J connectivity index is 1.67. The SMILES string of the molecule is CC1(C)CCCNC1C(=O)NCCNC(=O)C1CC1. The van der Waals surface area contributed by atoms with Crippen molar-refractivity contribution in [3.8, 4) is 0 Å². The van der Waals surface area contributed by atoms with Gasteiger partial charge in [-0.05, 0) is 37.6 Å². The first-order valence-corrected chi connectivity index (χ1v) is 7.29. The van der Waals surface area contributed by atoms with Gasteiger partial charge in [0.25, 0.3) is 0 Å². The lowest BCUT2D eigenvalue weighted by Crippen LogP contribution is -2.56. The number of piperidine rings is 1. The molecule has 5 nitrogen and oxygen atoms in total. The van der Waals surface area contributed by atoms with Crippen LogP contribution in [0.1, 0.15) is 39.5 Å². The molecule has 108 valence electrons. The van der Waals surface area contributed by atoms with Gasteiger partial charge in [-0.3, -0.25) is 9.59 Å². The van der Waals surface area contributed by atoms with Crippen LogP contribution in [0.2, 0.25) is 0 Å². The van der Waals surface area contributed by atoms with E-state index in [1.807, 2.05) is 0 Å². The number of carbonyl (C=O) groups is 2. The molecular weight excluding hydrogens is 242 g/mol. The molecule has 3 N–H and O–H groups in total. The van der Waals surface area contributed by atoms with E-state index < -0.39 is 0 Å². The van der Waals surface area contributed by atoms with E-state index in [1.165, 1.54) is 0 Å². The third kappa shape index (κ3) is 3.93. The first kappa shape index (κ1) is 14.3. The predicted molar refractivity (Wildman–Crippen MR) is 73.5 cm³/mol. The van der Waals surface area contributed by atoms with Gasteiger partial charge in [0, 0.05) is 19.0 Å². The summed E-state index contributed by atoms with van der Waals surface area (Å²) in [5.74, 6) is 0.408. The molecule has 2 rings (SSSR count). The Kier molecular flexibility index (Phi) is 4.45. The first-order valence-electron chi connectivity index (χ1n) is 7.29. The molecular formula is C14H25N3O2. The highest BCUT2D eigenvalue weighted by Crippen LogP contribution is 2.30. The molecule has 0 bridgehead atoms. The summed E-state index contributed by atoms with van der Waals surface area (Å²) in [6.45, 7) is 6.18. The van der Waals surface area contributed by atoms with Crippen LogP contribution in [0.5, 0.6) is 0 Å². The number of rotatable bonds is 5. The Morgan fingerprint density at radius 2 is 1.79 bits per heavy atom. The van der Waals surface area contributed by atoms with Gasteiger partial charge in [-0.2, -0.15) is 0 Å². The molecule has 1 saturated carbocycles. The van der Waals surface area contributed by atoms with Gasteiger partial charge in [0.15, 0.2) is 0 Å². The molecule has 1 saturated heterocycles. The van der Waals surface area contributed by atoms with Crippen LogP contribution in [0, 0.1) is 11.3 Å². The van der Waals surface area contributed by atoms with Gasteiger partial charge in [-0.15, -0.1) is 0 Å². The molecule has 2 aliphatic rings. The van der Waals surface area contributed by atoms with Crippen LogP contribution in [0.3, 0.4) is 0 Å². The summed E-state index contributed by atoms with van der Waals surface area (Å²) in [5, 5.41) is 9.04. The van der Waals surface area contributed by atoms with E-state index in [0.717, 1.165) is 32.2 Å². The van der Waals surface area contributed by atoms with Crippen molar-refractivity contribution in [2.75, 3.05) is 19.6 Å². The highest BCUT2D eigenvalue weighted by molar-refractivity contribution is 5.83. The van der Waals surface area contributed by atoms with Crippen molar-refractivity contribution < 1.29 is 9.59 Å². The topological polar surface area (TPSA) is 70.2 Å². The Bertz CT molecular complexity index is 351. The van der Waals surface area contributed by atoms with E-state index in [-0.39, 0.29) is 29.2 Å². The minimum absolute atomic E-state index is 0.000403. The average Bonchev–Trinajstić information content (AvgIpc) is 3.17. The summed E-state index contributed by atoms with van der Waals surface area (Å²) in [6.07, 6.45) is 4.21. The van der Waals surface area contributed by atoms with Gasteiger partial charge in [0.05, 0.1) is 6.04 Å². The second-order valence-corrected chi connectivity index (χ2v) is 6.34. The number of hydrogen-bond acceptors (Lipinski definition) is 3. The molecule has 0 aromatic rings. The van der Waals surface area contributed by atoms with Crippen molar-refractivity contribution in [2.45, 2.75) is 45.6 Å². The summed E-state index contributed by atoms with van der Waals surface area (Å²) >= 11 is 0. The lowest BCUT2D eigenvalue weighted by Gasteiger charge is -2.38. The van der Waals surface area contributed by atoms with Gasteiger partial charge >= 0.3 is 0 Å². The second kappa shape index (κ2) is 5.90. The lowest BCUT2D eigenvalue weighted by atomic mass is 9.77. The first-order chi connectivity index (χ1) is 9.00. The van der Waals surface area contributed by atoms with Gasteiger partial charge < -0.3 is 16.0 Å². The zero-order chi connectivity index (χ0) is 13.9. The summed E-state index contributed by atoms with van der Waals surface area (Å²) < 4.78 is 0. The van der Waals surface area contributed by atoms with Crippen molar-refractivity contribution in [1.82, 2.24) is 16.0 Å². The standard InChI is InChI=1S/C14H25N3O2/c1-14(2)6-3-7-15-11(14)13(19)17-9-8-16-12(18)10-4-5-10/h10-11,15H,3-9H2,1-2H3,(H,16,18)(H,17,19). The summed E-state index contributed by atoms with van der Waals surface area (Å²) in [6, 6.07) is -0.125. The monoisotopic (exact) mass is 267 g/mol. The molecule has 0 radical (unpaired) electrons. The molecule has 19 heavy (non-hydrogen) atoms. The van der Waals surface area contributed by atoms with Crippen molar-refractivity contribution in [2.24, 2.45) is 11.3 Å². The van der Waals surface area contributed by atoms with Crippen LogP contribution >= 0.6 is 0 Å². The molecule has 1 heterocycles. The fourth-order valence-corrected chi connectivity index (χ4v) is 2.62. The smallest absolute Gasteiger partial charge is 0.237 e. The predicted octanol–water partition coefficient (Wildman–Crippen LogP) is 0.407. The maximum absolute atomic E-state index is 12.1. The second-order valence-electron chi connectivity index (χ2n) is 6.34. The van der Waals surface area contributed by atoms with Crippen molar-refractivity contribution >= 4 is 11.8 Å². The summed E-state index contributed by atoms with van der Waals surface area (Å²) in [7, 11) is 0. The average molecular weight is 267 g/mol. The lowest BCUT2D eigenvalue weighted by molar-refractivity contribution is -0.127. The Morgan fingerprint density at radius 1 is 1.16 bits per heavy atom. The minimum atomic E-state index is -0.125. The molecule has 5 heteroatoms. The van der Waals surface area contributed by atoms with Gasteiger partial charge in [-0.25, -0.2) is 0 Å². The summed E-state index contributed by atoms with van der Waals surface area (Å²) in [4.78, 5) is 23.5. The molecule has 1 aliphatic heterocycles. The highest BCUT2D eigenvalue weighted by Gasteiger charge is 2.36. The van der Waals surface area contributed by atoms with Crippen molar-refractivity contribution in [3.63, 3.8) is 0 Å². The molecule has 2 amide bonds. The Hall–Kier alpha value is -1.10. The van der Waals surface area contributed by atoms with Crippen molar-refractivity contribution in [3.05, 3.63) is 0 Å². The number of nitrogens with one attached hydrogen (secondary N) is 3. The minimum Gasteiger partial charge on any atom is -0.354 e. The van der Waals surface area contributed by atoms with Crippen LogP contribution in [0.15, 0.2) is 0 Å². The molecule has 0 aromatic heterocycles. The van der Waals surface area contributed by atoms with Crippen LogP contribution < -0.4 is 16.0 Å². The fraction of sp³-hybridized carbons (Fsp3) is 0.857. The highest BCUT2D eigenvalue weighted by atomic mass is 16.2. The maximum Gasteiger partial charge on any atom is 0.237 e. The third-order valence-electron chi connectivity index (χ3n) is 4.06. The van der Waals surface area contributed by atoms with E-state index >= 15 is 0 Å². The molecule has 1 unspecified atom stereocenters. The van der Waals surface area contributed by atoms with Crippen LogP contribution in [-0.4, -0.2) is 37.5 Å². The van der Waals surface area contributed by atoms with E-state index in [1.54, 1.807) is 0 Å². The van der Waals surface area contributed by atoms with Crippen LogP contribution in [-0.2, 0) is 9.59 Å². The van der Waals surface area contributed by atoms with E-state index in [0.29, 0.717) is 13.1 Å². The molecule has 0 spiro atoms. The van der Waals surface area contributed by atoms with Gasteiger partial charge in [0.1, 0.15) is 0 Å². The van der Waals surface area contributed by atoms with E-state index in [2.05, 4.69) is 29.8 Å². The zero-order valence-corrected chi connectivity index (χ0v) is 11.9. The number of amides is 2. The normalized spacial score (nSPS) is 25.7. The largest absolute Gasteiger partial charge is 0.354 e. The molecule has 1 aliphatic carbocycles. The quantitative estimate of drug-likeness (QED) is 0.632. The molecule has 2 fully saturated rings. The van der Waals surface area contributed by atoms with Crippen molar-refractivity contribution in [1.29, 1.82) is 0 Å². The Morgan fingerprint density at radius 3 is 2.37 bits per heavy atom. The fourth-order valence-electron chi connectivity index (χ4n) is 2.62. The maximum atomic E-state index is 12.1. The van der Waals surface area contributed by atoms with Crippen LogP contribution in [0.4, 0.5) is 0 Å². The Labute approximate surface area is 114 Å². The van der Waals surface area contributed by atoms with Crippen LogP contribution in [0.25, 0.3) is 0 Å². The zero-order valence-electron chi connectivity index (χ0n) is 11.9. The van der Waals surface area contributed by atoms with Gasteiger partial charge in [-0.1, -0.05) is 13.8 Å². The molecule has 0 aromatic carbocycles. The van der Waals surface area contributed by atoms with E-state index in [4.69, 9.17) is 0 Å².